The van der Waals surface area contributed by atoms with E-state index < -0.39 is 5.60 Å². The highest BCUT2D eigenvalue weighted by molar-refractivity contribution is 5.78. The first-order valence-electron chi connectivity index (χ1n) is 5.25. The summed E-state index contributed by atoms with van der Waals surface area (Å²) in [5.74, 6) is 0.596. The Morgan fingerprint density at radius 1 is 1.44 bits per heavy atom. The van der Waals surface area contributed by atoms with Crippen molar-refractivity contribution in [2.24, 2.45) is 0 Å². The number of benzene rings is 1. The molecule has 1 aliphatic heterocycles. The fourth-order valence-electron chi connectivity index (χ4n) is 1.71. The summed E-state index contributed by atoms with van der Waals surface area (Å²) in [6.45, 7) is 2.53. The van der Waals surface area contributed by atoms with Crippen LogP contribution in [-0.4, -0.2) is 41.2 Å². The lowest BCUT2D eigenvalue weighted by atomic mass is 9.97. The van der Waals surface area contributed by atoms with Gasteiger partial charge in [-0.1, -0.05) is 18.2 Å². The Balaban J connectivity index is 1.77. The zero-order valence-electron chi connectivity index (χ0n) is 9.22. The molecule has 1 N–H and O–H groups in total. The fourth-order valence-corrected chi connectivity index (χ4v) is 1.71. The molecule has 16 heavy (non-hydrogen) atoms. The summed E-state index contributed by atoms with van der Waals surface area (Å²) in [5, 5.41) is 9.48. The number of rotatable bonds is 3. The minimum atomic E-state index is -0.720. The molecule has 0 bridgehead atoms. The number of nitrogens with zero attached hydrogens (tertiary/aromatic N) is 1. The zero-order valence-corrected chi connectivity index (χ0v) is 9.22. The van der Waals surface area contributed by atoms with Gasteiger partial charge in [-0.15, -0.1) is 0 Å². The molecule has 0 atom stereocenters. The van der Waals surface area contributed by atoms with Crippen LogP contribution in [-0.2, 0) is 4.79 Å². The Kier molecular flexibility index (Phi) is 2.83. The van der Waals surface area contributed by atoms with E-state index >= 15 is 0 Å². The maximum absolute atomic E-state index is 11.6. The third kappa shape index (κ3) is 2.52. The lowest BCUT2D eigenvalue weighted by Crippen LogP contribution is -2.62. The van der Waals surface area contributed by atoms with Crippen LogP contribution < -0.4 is 4.74 Å². The van der Waals surface area contributed by atoms with Crippen molar-refractivity contribution >= 4 is 5.91 Å². The van der Waals surface area contributed by atoms with Crippen LogP contribution in [0.4, 0.5) is 0 Å². The highest BCUT2D eigenvalue weighted by Gasteiger charge is 2.39. The Hall–Kier alpha value is -1.55. The Bertz CT molecular complexity index is 367. The standard InChI is InChI=1S/C12H15NO3/c1-12(15)8-13(9-12)11(14)7-16-10-5-3-2-4-6-10/h2-6,15H,7-9H2,1H3. The minimum absolute atomic E-state index is 0.0279. The van der Waals surface area contributed by atoms with Crippen molar-refractivity contribution in [3.8, 4) is 5.75 Å². The van der Waals surface area contributed by atoms with Crippen LogP contribution in [0.1, 0.15) is 6.92 Å². The molecule has 0 radical (unpaired) electrons. The van der Waals surface area contributed by atoms with E-state index in [2.05, 4.69) is 0 Å². The van der Waals surface area contributed by atoms with Gasteiger partial charge in [0.1, 0.15) is 5.75 Å². The highest BCUT2D eigenvalue weighted by Crippen LogP contribution is 2.19. The summed E-state index contributed by atoms with van der Waals surface area (Å²) >= 11 is 0. The molecule has 1 fully saturated rings. The molecule has 0 aromatic heterocycles. The number of β-amino-alcohol motifs (C(OH)–C–C–N with tert-alkyl or cyclic N) is 1. The van der Waals surface area contributed by atoms with E-state index in [4.69, 9.17) is 4.74 Å². The number of ether oxygens (including phenoxy) is 1. The predicted molar refractivity (Wildman–Crippen MR) is 59.1 cm³/mol. The van der Waals surface area contributed by atoms with Gasteiger partial charge in [-0.2, -0.15) is 0 Å². The highest BCUT2D eigenvalue weighted by atomic mass is 16.5. The van der Waals surface area contributed by atoms with Crippen LogP contribution in [0.2, 0.25) is 0 Å². The van der Waals surface area contributed by atoms with Crippen molar-refractivity contribution in [2.45, 2.75) is 12.5 Å². The third-order valence-electron chi connectivity index (χ3n) is 2.52. The second-order valence-electron chi connectivity index (χ2n) is 4.35. The first kappa shape index (κ1) is 11.0. The quantitative estimate of drug-likeness (QED) is 0.815. The molecule has 0 unspecified atom stereocenters. The summed E-state index contributed by atoms with van der Waals surface area (Å²) in [6.07, 6.45) is 0. The van der Waals surface area contributed by atoms with Gasteiger partial charge in [0.05, 0.1) is 18.7 Å². The van der Waals surface area contributed by atoms with E-state index in [0.717, 1.165) is 0 Å². The Morgan fingerprint density at radius 3 is 2.62 bits per heavy atom. The van der Waals surface area contributed by atoms with Crippen molar-refractivity contribution in [2.75, 3.05) is 19.7 Å². The molecule has 4 heteroatoms. The molecule has 4 nitrogen and oxygen atoms in total. The van der Waals surface area contributed by atoms with Gasteiger partial charge in [-0.3, -0.25) is 4.79 Å². The first-order valence-corrected chi connectivity index (χ1v) is 5.25. The molecular weight excluding hydrogens is 206 g/mol. The summed E-state index contributed by atoms with van der Waals surface area (Å²) in [5.41, 5.74) is -0.720. The number of amides is 1. The SMILES string of the molecule is CC1(O)CN(C(=O)COc2ccccc2)C1. The number of aliphatic hydroxyl groups is 1. The maximum Gasteiger partial charge on any atom is 0.260 e. The van der Waals surface area contributed by atoms with Crippen molar-refractivity contribution in [3.63, 3.8) is 0 Å². The smallest absolute Gasteiger partial charge is 0.260 e. The molecule has 0 saturated carbocycles. The van der Waals surface area contributed by atoms with E-state index in [1.807, 2.05) is 18.2 Å². The number of hydrogen-bond acceptors (Lipinski definition) is 3. The van der Waals surface area contributed by atoms with Crippen LogP contribution in [0.25, 0.3) is 0 Å². The summed E-state index contributed by atoms with van der Waals surface area (Å²) in [4.78, 5) is 13.2. The van der Waals surface area contributed by atoms with E-state index in [1.54, 1.807) is 24.0 Å². The van der Waals surface area contributed by atoms with E-state index in [0.29, 0.717) is 18.8 Å². The van der Waals surface area contributed by atoms with Crippen molar-refractivity contribution in [1.82, 2.24) is 4.90 Å². The van der Waals surface area contributed by atoms with Crippen molar-refractivity contribution < 1.29 is 14.6 Å². The van der Waals surface area contributed by atoms with Crippen LogP contribution >= 0.6 is 0 Å². The number of hydrogen-bond donors (Lipinski definition) is 1. The molecule has 0 spiro atoms. The Labute approximate surface area is 94.4 Å². The molecule has 1 aromatic rings. The second-order valence-corrected chi connectivity index (χ2v) is 4.35. The largest absolute Gasteiger partial charge is 0.484 e. The molecule has 1 aromatic carbocycles. The van der Waals surface area contributed by atoms with Crippen molar-refractivity contribution in [3.05, 3.63) is 30.3 Å². The van der Waals surface area contributed by atoms with Crippen LogP contribution in [0.5, 0.6) is 5.75 Å². The average molecular weight is 221 g/mol. The van der Waals surface area contributed by atoms with E-state index in [1.165, 1.54) is 0 Å². The van der Waals surface area contributed by atoms with Gasteiger partial charge in [-0.05, 0) is 19.1 Å². The number of carbonyl (C=O) groups excluding carboxylic acids is 1. The first-order chi connectivity index (χ1) is 7.57. The Morgan fingerprint density at radius 2 is 2.06 bits per heavy atom. The van der Waals surface area contributed by atoms with Gasteiger partial charge in [-0.25, -0.2) is 0 Å². The predicted octanol–water partition coefficient (Wildman–Crippen LogP) is 0.659. The topological polar surface area (TPSA) is 49.8 Å². The molecular formula is C12H15NO3. The third-order valence-corrected chi connectivity index (χ3v) is 2.52. The summed E-state index contributed by atoms with van der Waals surface area (Å²) in [7, 11) is 0. The average Bonchev–Trinajstić information content (AvgIpc) is 2.24. The van der Waals surface area contributed by atoms with Gasteiger partial charge < -0.3 is 14.7 Å². The van der Waals surface area contributed by atoms with Gasteiger partial charge >= 0.3 is 0 Å². The zero-order chi connectivity index (χ0) is 11.6. The van der Waals surface area contributed by atoms with Crippen LogP contribution in [0, 0.1) is 0 Å². The van der Waals surface area contributed by atoms with Crippen LogP contribution in [0.3, 0.4) is 0 Å². The molecule has 1 amide bonds. The van der Waals surface area contributed by atoms with Gasteiger partial charge in [0.25, 0.3) is 5.91 Å². The maximum atomic E-state index is 11.6. The number of likely N-dealkylation sites (tertiary alicyclic amines) is 1. The molecule has 1 saturated heterocycles. The second kappa shape index (κ2) is 4.14. The van der Waals surface area contributed by atoms with Gasteiger partial charge in [0.15, 0.2) is 6.61 Å². The lowest BCUT2D eigenvalue weighted by Gasteiger charge is -2.43. The normalized spacial score (nSPS) is 17.8. The van der Waals surface area contributed by atoms with E-state index in [9.17, 15) is 9.90 Å². The van der Waals surface area contributed by atoms with Crippen LogP contribution in [0.15, 0.2) is 30.3 Å². The monoisotopic (exact) mass is 221 g/mol. The van der Waals surface area contributed by atoms with Crippen molar-refractivity contribution in [1.29, 1.82) is 0 Å². The number of carbonyl (C=O) groups is 1. The van der Waals surface area contributed by atoms with Gasteiger partial charge in [0.2, 0.25) is 0 Å². The summed E-state index contributed by atoms with van der Waals surface area (Å²) in [6, 6.07) is 9.21. The molecule has 2 rings (SSSR count). The lowest BCUT2D eigenvalue weighted by molar-refractivity contribution is -0.154. The number of para-hydroxylation sites is 1. The van der Waals surface area contributed by atoms with E-state index in [-0.39, 0.29) is 12.5 Å². The van der Waals surface area contributed by atoms with Gasteiger partial charge in [0, 0.05) is 0 Å². The minimum Gasteiger partial charge on any atom is -0.484 e. The molecule has 1 aliphatic rings. The fraction of sp³-hybridized carbons (Fsp3) is 0.417. The molecule has 86 valence electrons. The molecule has 1 heterocycles. The summed E-state index contributed by atoms with van der Waals surface area (Å²) < 4.78 is 5.32. The molecule has 0 aliphatic carbocycles.